The number of hydrogen-bond donors (Lipinski definition) is 0. The number of fused-ring (bicyclic) bond motifs is 1. The van der Waals surface area contributed by atoms with Crippen molar-refractivity contribution < 1.29 is 13.2 Å². The predicted octanol–water partition coefficient (Wildman–Crippen LogP) is 4.75. The molecule has 1 aliphatic heterocycles. The molecule has 2 aromatic carbocycles. The highest BCUT2D eigenvalue weighted by atomic mass is 32.2. The van der Waals surface area contributed by atoms with Gasteiger partial charge in [-0.2, -0.15) is 9.30 Å². The predicted molar refractivity (Wildman–Crippen MR) is 133 cm³/mol. The molecule has 0 bridgehead atoms. The molecular formula is C25H31N3O3S2. The number of piperidine rings is 1. The largest absolute Gasteiger partial charge is 0.316 e. The van der Waals surface area contributed by atoms with Gasteiger partial charge in [0.1, 0.15) is 0 Å². The first-order valence-electron chi connectivity index (χ1n) is 11.4. The molecule has 2 heterocycles. The van der Waals surface area contributed by atoms with Crippen LogP contribution >= 0.6 is 11.3 Å². The molecule has 0 spiro atoms. The highest BCUT2D eigenvalue weighted by Crippen LogP contribution is 2.27. The van der Waals surface area contributed by atoms with Crippen LogP contribution in [0.2, 0.25) is 0 Å². The molecule has 2 unspecified atom stereocenters. The Hall–Kier alpha value is -2.29. The second-order valence-electron chi connectivity index (χ2n) is 9.22. The van der Waals surface area contributed by atoms with Gasteiger partial charge in [-0.3, -0.25) is 4.79 Å². The maximum absolute atomic E-state index is 13.1. The molecule has 33 heavy (non-hydrogen) atoms. The van der Waals surface area contributed by atoms with Gasteiger partial charge >= 0.3 is 0 Å². The zero-order chi connectivity index (χ0) is 23.9. The van der Waals surface area contributed by atoms with Crippen LogP contribution in [-0.4, -0.2) is 36.3 Å². The van der Waals surface area contributed by atoms with Crippen molar-refractivity contribution in [3.8, 4) is 0 Å². The first kappa shape index (κ1) is 23.9. The molecule has 1 fully saturated rings. The van der Waals surface area contributed by atoms with Gasteiger partial charge in [0.05, 0.1) is 15.1 Å². The topological polar surface area (TPSA) is 71.7 Å². The third-order valence-corrected chi connectivity index (χ3v) is 9.37. The molecule has 0 saturated carbocycles. The van der Waals surface area contributed by atoms with Gasteiger partial charge in [0.15, 0.2) is 4.80 Å². The van der Waals surface area contributed by atoms with Gasteiger partial charge in [0, 0.05) is 25.2 Å². The van der Waals surface area contributed by atoms with Crippen LogP contribution in [0.1, 0.15) is 48.7 Å². The zero-order valence-electron chi connectivity index (χ0n) is 19.8. The van der Waals surface area contributed by atoms with Gasteiger partial charge in [-0.15, -0.1) is 0 Å². The number of amides is 1. The molecule has 1 amide bonds. The number of nitrogens with zero attached hydrogens (tertiary/aromatic N) is 3. The number of hydrogen-bond acceptors (Lipinski definition) is 4. The van der Waals surface area contributed by atoms with Crippen molar-refractivity contribution in [1.82, 2.24) is 8.87 Å². The summed E-state index contributed by atoms with van der Waals surface area (Å²) in [6.45, 7) is 12.1. The Labute approximate surface area is 199 Å². The number of sulfonamides is 1. The fraction of sp³-hybridized carbons (Fsp3) is 0.440. The summed E-state index contributed by atoms with van der Waals surface area (Å²) in [5.41, 5.74) is 3.80. The van der Waals surface area contributed by atoms with Crippen molar-refractivity contribution in [3.05, 3.63) is 57.9 Å². The maximum atomic E-state index is 13.1. The van der Waals surface area contributed by atoms with Crippen molar-refractivity contribution in [2.45, 2.75) is 52.5 Å². The number of carbonyl (C=O) groups is 1. The Morgan fingerprint density at radius 3 is 2.24 bits per heavy atom. The number of aromatic nitrogens is 1. The average molecular weight is 486 g/mol. The third kappa shape index (κ3) is 4.56. The van der Waals surface area contributed by atoms with Crippen LogP contribution in [0.15, 0.2) is 46.3 Å². The van der Waals surface area contributed by atoms with Gasteiger partial charge in [0.25, 0.3) is 5.91 Å². The molecule has 3 aromatic rings. The van der Waals surface area contributed by atoms with E-state index in [0.29, 0.717) is 41.8 Å². The molecular weight excluding hydrogens is 454 g/mol. The maximum Gasteiger partial charge on any atom is 0.279 e. The SMILES string of the molecule is CCn1c(=NC(=O)c2ccc(S(=O)(=O)N3CC(C)CC(C)C3)cc2)sc2c(C)ccc(C)c21. The lowest BCUT2D eigenvalue weighted by Gasteiger charge is -2.34. The van der Waals surface area contributed by atoms with Gasteiger partial charge in [-0.1, -0.05) is 37.3 Å². The van der Waals surface area contributed by atoms with E-state index in [-0.39, 0.29) is 10.8 Å². The summed E-state index contributed by atoms with van der Waals surface area (Å²) in [4.78, 5) is 18.2. The van der Waals surface area contributed by atoms with Crippen LogP contribution in [0.25, 0.3) is 10.2 Å². The zero-order valence-corrected chi connectivity index (χ0v) is 21.5. The molecule has 176 valence electrons. The Kier molecular flexibility index (Phi) is 6.62. The van der Waals surface area contributed by atoms with Crippen molar-refractivity contribution in [2.75, 3.05) is 13.1 Å². The summed E-state index contributed by atoms with van der Waals surface area (Å²) < 4.78 is 31.0. The fourth-order valence-corrected chi connectivity index (χ4v) is 7.64. The third-order valence-electron chi connectivity index (χ3n) is 6.31. The minimum atomic E-state index is -3.58. The summed E-state index contributed by atoms with van der Waals surface area (Å²) in [5, 5.41) is 0. The minimum absolute atomic E-state index is 0.220. The highest BCUT2D eigenvalue weighted by Gasteiger charge is 2.31. The summed E-state index contributed by atoms with van der Waals surface area (Å²) in [7, 11) is -3.58. The average Bonchev–Trinajstić information content (AvgIpc) is 3.15. The molecule has 4 rings (SSSR count). The molecule has 1 aromatic heterocycles. The Balaban J connectivity index is 1.65. The molecule has 1 aliphatic rings. The van der Waals surface area contributed by atoms with Crippen LogP contribution in [-0.2, 0) is 16.6 Å². The Morgan fingerprint density at radius 1 is 1.03 bits per heavy atom. The number of carbonyl (C=O) groups excluding carboxylic acids is 1. The number of thiazole rings is 1. The number of benzene rings is 2. The number of aryl methyl sites for hydroxylation is 3. The van der Waals surface area contributed by atoms with Gasteiger partial charge in [0.2, 0.25) is 10.0 Å². The van der Waals surface area contributed by atoms with Crippen molar-refractivity contribution in [1.29, 1.82) is 0 Å². The quantitative estimate of drug-likeness (QED) is 0.536. The van der Waals surface area contributed by atoms with E-state index in [1.807, 2.05) is 6.92 Å². The lowest BCUT2D eigenvalue weighted by atomic mass is 9.94. The summed E-state index contributed by atoms with van der Waals surface area (Å²) in [5.74, 6) is 0.298. The molecule has 0 N–H and O–H groups in total. The first-order chi connectivity index (χ1) is 15.6. The summed E-state index contributed by atoms with van der Waals surface area (Å²) in [6, 6.07) is 10.4. The normalized spacial score (nSPS) is 20.5. The first-order valence-corrected chi connectivity index (χ1v) is 13.7. The van der Waals surface area contributed by atoms with E-state index in [2.05, 4.69) is 49.4 Å². The van der Waals surface area contributed by atoms with Gasteiger partial charge < -0.3 is 4.57 Å². The van der Waals surface area contributed by atoms with Crippen molar-refractivity contribution in [2.24, 2.45) is 16.8 Å². The van der Waals surface area contributed by atoms with Crippen LogP contribution in [0.5, 0.6) is 0 Å². The van der Waals surface area contributed by atoms with E-state index in [9.17, 15) is 13.2 Å². The lowest BCUT2D eigenvalue weighted by Crippen LogP contribution is -2.42. The molecule has 8 heteroatoms. The second-order valence-corrected chi connectivity index (χ2v) is 12.1. The van der Waals surface area contributed by atoms with Gasteiger partial charge in [-0.05, 0) is 74.4 Å². The summed E-state index contributed by atoms with van der Waals surface area (Å²) in [6.07, 6.45) is 1.04. The molecule has 1 saturated heterocycles. The fourth-order valence-electron chi connectivity index (χ4n) is 4.73. The molecule has 6 nitrogen and oxygen atoms in total. The van der Waals surface area contributed by atoms with Gasteiger partial charge in [-0.25, -0.2) is 8.42 Å². The Morgan fingerprint density at radius 2 is 1.64 bits per heavy atom. The molecule has 0 aliphatic carbocycles. The molecule has 2 atom stereocenters. The highest BCUT2D eigenvalue weighted by molar-refractivity contribution is 7.89. The number of rotatable bonds is 4. The van der Waals surface area contributed by atoms with E-state index in [1.54, 1.807) is 16.4 Å². The van der Waals surface area contributed by atoms with Crippen LogP contribution < -0.4 is 4.80 Å². The van der Waals surface area contributed by atoms with E-state index in [4.69, 9.17) is 0 Å². The standard InChI is InChI=1S/C25H31N3O3S2/c1-6-28-22-18(4)7-8-19(5)23(22)32-25(28)26-24(29)20-9-11-21(12-10-20)33(30,31)27-14-16(2)13-17(3)15-27/h7-12,16-17H,6,13-15H2,1-5H3. The van der Waals surface area contributed by atoms with E-state index >= 15 is 0 Å². The van der Waals surface area contributed by atoms with E-state index < -0.39 is 10.0 Å². The smallest absolute Gasteiger partial charge is 0.279 e. The monoisotopic (exact) mass is 485 g/mol. The van der Waals surface area contributed by atoms with Crippen LogP contribution in [0, 0.1) is 25.7 Å². The van der Waals surface area contributed by atoms with E-state index in [0.717, 1.165) is 27.8 Å². The second kappa shape index (κ2) is 9.16. The van der Waals surface area contributed by atoms with Crippen LogP contribution in [0.4, 0.5) is 0 Å². The summed E-state index contributed by atoms with van der Waals surface area (Å²) >= 11 is 1.51. The minimum Gasteiger partial charge on any atom is -0.316 e. The van der Waals surface area contributed by atoms with E-state index in [1.165, 1.54) is 23.5 Å². The lowest BCUT2D eigenvalue weighted by molar-refractivity contribution is 0.0997. The van der Waals surface area contributed by atoms with Crippen molar-refractivity contribution in [3.63, 3.8) is 0 Å². The molecule has 0 radical (unpaired) electrons. The Bertz CT molecular complexity index is 1360. The van der Waals surface area contributed by atoms with Crippen molar-refractivity contribution >= 4 is 37.5 Å². The van der Waals surface area contributed by atoms with Crippen LogP contribution in [0.3, 0.4) is 0 Å².